The van der Waals surface area contributed by atoms with Crippen LogP contribution < -0.4 is 24.3 Å². The van der Waals surface area contributed by atoms with Crippen LogP contribution in [-0.2, 0) is 25.8 Å². The van der Waals surface area contributed by atoms with Crippen molar-refractivity contribution in [3.05, 3.63) is 168 Å². The first kappa shape index (κ1) is 44.6. The molecule has 0 spiro atoms. The van der Waals surface area contributed by atoms with Gasteiger partial charge in [0.15, 0.2) is 0 Å². The summed E-state index contributed by atoms with van der Waals surface area (Å²) < 4.78 is 6.06. The fraction of sp³-hybridized carbons (Fsp3) is 0.236. The fourth-order valence-corrected chi connectivity index (χ4v) is 10.3. The van der Waals surface area contributed by atoms with Crippen LogP contribution in [0.25, 0.3) is 0 Å². The summed E-state index contributed by atoms with van der Waals surface area (Å²) in [7, 11) is 7.85. The zero-order valence-electron chi connectivity index (χ0n) is 38.6. The van der Waals surface area contributed by atoms with Gasteiger partial charge in [0, 0.05) is 57.1 Å². The standard InChI is InChI=1S/C55H50N8O6/c1-60(2)38-18-10-34(11-19-38)56-58-36-14-22-40(23-15-36)62-52(65)45-29-28-43-46(50(45)54(62)67)31-47-51(49(43)44-27-26-42(30-48(44)64)69-32-33-8-6-5-7-9-33)55(68)63(53(47)66)41-24-16-37(17-25-41)59-57-35-12-20-39(21-13-35)61(3)4/h5-28,30,45-47,49-51,64H,29,31-32H2,1-4H3/t45-,46+,47+,49+,50-,51+/m0/s1. The number of hydrogen-bond donors (Lipinski definition) is 1. The van der Waals surface area contributed by atoms with Gasteiger partial charge >= 0.3 is 0 Å². The monoisotopic (exact) mass is 918 g/mol. The minimum absolute atomic E-state index is 0.101. The van der Waals surface area contributed by atoms with E-state index < -0.39 is 47.3 Å². The van der Waals surface area contributed by atoms with Crippen LogP contribution >= 0.6 is 0 Å². The number of nitrogens with zero attached hydrogens (tertiary/aromatic N) is 8. The molecule has 0 radical (unpaired) electrons. The number of anilines is 4. The Labute approximate surface area is 399 Å². The number of fused-ring (bicyclic) bond motifs is 4. The zero-order valence-corrected chi connectivity index (χ0v) is 38.6. The molecule has 3 fully saturated rings. The lowest BCUT2D eigenvalue weighted by atomic mass is 9.57. The van der Waals surface area contributed by atoms with Gasteiger partial charge in [0.2, 0.25) is 23.6 Å². The Morgan fingerprint density at radius 1 is 0.551 bits per heavy atom. The Bertz CT molecular complexity index is 3030. The number of phenols is 1. The summed E-state index contributed by atoms with van der Waals surface area (Å²) in [6, 6.07) is 43.6. The van der Waals surface area contributed by atoms with Crippen LogP contribution in [0.5, 0.6) is 11.5 Å². The molecule has 14 nitrogen and oxygen atoms in total. The lowest BCUT2D eigenvalue weighted by Gasteiger charge is -2.44. The molecule has 2 saturated heterocycles. The topological polar surface area (TPSA) is 160 Å². The third-order valence-corrected chi connectivity index (χ3v) is 13.7. The van der Waals surface area contributed by atoms with Gasteiger partial charge in [-0.3, -0.25) is 29.0 Å². The molecule has 10 rings (SSSR count). The normalized spacial score (nSPS) is 21.9. The van der Waals surface area contributed by atoms with Crippen molar-refractivity contribution in [2.45, 2.75) is 25.4 Å². The molecule has 1 saturated carbocycles. The Morgan fingerprint density at radius 2 is 1.03 bits per heavy atom. The van der Waals surface area contributed by atoms with E-state index in [0.29, 0.717) is 45.4 Å². The smallest absolute Gasteiger partial charge is 0.238 e. The second kappa shape index (κ2) is 18.4. The van der Waals surface area contributed by atoms with Gasteiger partial charge in [-0.2, -0.15) is 20.5 Å². The summed E-state index contributed by atoms with van der Waals surface area (Å²) in [4.78, 5) is 65.1. The molecule has 0 aromatic heterocycles. The quantitative estimate of drug-likeness (QED) is 0.0721. The SMILES string of the molecule is CN(C)c1ccc(N=Nc2ccc(N3C(=O)[C@H]4[C@H](CC=C5[C@H]4C[C@H]4C(=O)N(c6ccc(N=Nc7ccc(N(C)C)cc7)cc6)C(=O)[C@H]4[C@H]5c4ccc(OCc5ccccc5)cc4O)C3=O)cc2)cc1. The van der Waals surface area contributed by atoms with Crippen molar-refractivity contribution in [2.24, 2.45) is 50.0 Å². The van der Waals surface area contributed by atoms with E-state index in [2.05, 4.69) is 20.5 Å². The van der Waals surface area contributed by atoms with Crippen LogP contribution in [0.15, 0.2) is 178 Å². The predicted octanol–water partition coefficient (Wildman–Crippen LogP) is 11.0. The van der Waals surface area contributed by atoms with Crippen molar-refractivity contribution in [3.8, 4) is 11.5 Å². The molecular weight excluding hydrogens is 869 g/mol. The number of benzene rings is 6. The molecule has 0 bridgehead atoms. The zero-order chi connectivity index (χ0) is 47.9. The number of allylic oxidation sites excluding steroid dienone is 2. The fourth-order valence-electron chi connectivity index (χ4n) is 10.3. The number of azo groups is 2. The number of aromatic hydroxyl groups is 1. The summed E-state index contributed by atoms with van der Waals surface area (Å²) in [5.74, 6) is -5.71. The van der Waals surface area contributed by atoms with Crippen LogP contribution in [0.2, 0.25) is 0 Å². The Morgan fingerprint density at radius 3 is 1.52 bits per heavy atom. The molecule has 346 valence electrons. The van der Waals surface area contributed by atoms with Gasteiger partial charge < -0.3 is 19.6 Å². The molecule has 2 aliphatic heterocycles. The van der Waals surface area contributed by atoms with Gasteiger partial charge in [-0.15, -0.1) is 0 Å². The first-order chi connectivity index (χ1) is 33.4. The van der Waals surface area contributed by atoms with Crippen molar-refractivity contribution in [1.82, 2.24) is 0 Å². The maximum atomic E-state index is 14.9. The maximum Gasteiger partial charge on any atom is 0.238 e. The molecule has 4 amide bonds. The molecule has 6 atom stereocenters. The maximum absolute atomic E-state index is 14.9. The minimum atomic E-state index is -0.890. The highest BCUT2D eigenvalue weighted by molar-refractivity contribution is 6.24. The van der Waals surface area contributed by atoms with E-state index in [1.807, 2.05) is 123 Å². The van der Waals surface area contributed by atoms with Gasteiger partial charge in [-0.25, -0.2) is 0 Å². The van der Waals surface area contributed by atoms with Gasteiger partial charge in [-0.1, -0.05) is 48.0 Å². The van der Waals surface area contributed by atoms with Crippen LogP contribution in [0.3, 0.4) is 0 Å². The molecule has 6 aromatic rings. The van der Waals surface area contributed by atoms with Gasteiger partial charge in [0.1, 0.15) is 18.1 Å². The number of amides is 4. The predicted molar refractivity (Wildman–Crippen MR) is 264 cm³/mol. The highest BCUT2D eigenvalue weighted by Gasteiger charge is 2.62. The van der Waals surface area contributed by atoms with E-state index >= 15 is 0 Å². The van der Waals surface area contributed by atoms with Crippen LogP contribution in [-0.4, -0.2) is 56.9 Å². The summed E-state index contributed by atoms with van der Waals surface area (Å²) in [6.07, 6.45) is 2.39. The van der Waals surface area contributed by atoms with Crippen molar-refractivity contribution < 1.29 is 29.0 Å². The summed E-state index contributed by atoms with van der Waals surface area (Å²) >= 11 is 0. The van der Waals surface area contributed by atoms with E-state index in [9.17, 15) is 24.3 Å². The first-order valence-corrected chi connectivity index (χ1v) is 23.0. The number of carbonyl (C=O) groups is 4. The van der Waals surface area contributed by atoms with E-state index in [4.69, 9.17) is 4.74 Å². The number of imide groups is 2. The number of ether oxygens (including phenoxy) is 1. The van der Waals surface area contributed by atoms with Gasteiger partial charge in [0.05, 0.1) is 57.8 Å². The molecule has 6 aromatic carbocycles. The second-order valence-electron chi connectivity index (χ2n) is 18.3. The summed E-state index contributed by atoms with van der Waals surface area (Å²) in [6.45, 7) is 0.279. The van der Waals surface area contributed by atoms with E-state index in [-0.39, 0.29) is 37.0 Å². The molecule has 14 heteroatoms. The third kappa shape index (κ3) is 8.54. The largest absolute Gasteiger partial charge is 0.508 e. The molecule has 4 aliphatic rings. The van der Waals surface area contributed by atoms with Crippen molar-refractivity contribution in [3.63, 3.8) is 0 Å². The van der Waals surface area contributed by atoms with Crippen LogP contribution in [0.1, 0.15) is 29.9 Å². The second-order valence-corrected chi connectivity index (χ2v) is 18.3. The van der Waals surface area contributed by atoms with Crippen molar-refractivity contribution in [1.29, 1.82) is 0 Å². The van der Waals surface area contributed by atoms with E-state index in [1.165, 1.54) is 15.9 Å². The third-order valence-electron chi connectivity index (χ3n) is 13.7. The number of carbonyl (C=O) groups excluding carboxylic acids is 4. The summed E-state index contributed by atoms with van der Waals surface area (Å²) in [5, 5.41) is 29.3. The molecule has 1 N–H and O–H groups in total. The first-order valence-electron chi connectivity index (χ1n) is 23.0. The average molecular weight is 919 g/mol. The number of phenolic OH excluding ortho intramolecular Hbond substituents is 1. The Kier molecular flexibility index (Phi) is 11.9. The van der Waals surface area contributed by atoms with E-state index in [1.54, 1.807) is 60.7 Å². The molecule has 0 unspecified atom stereocenters. The number of hydrogen-bond acceptors (Lipinski definition) is 12. The number of rotatable bonds is 12. The van der Waals surface area contributed by atoms with E-state index in [0.717, 1.165) is 22.5 Å². The highest BCUT2D eigenvalue weighted by atomic mass is 16.5. The van der Waals surface area contributed by atoms with Gasteiger partial charge in [-0.05, 0) is 127 Å². The lowest BCUT2D eigenvalue weighted by molar-refractivity contribution is -0.126. The Balaban J connectivity index is 0.938. The van der Waals surface area contributed by atoms with Gasteiger partial charge in [0.25, 0.3) is 0 Å². The Hall–Kier alpha value is -8.26. The lowest BCUT2D eigenvalue weighted by Crippen LogP contribution is -2.43. The molecule has 2 aliphatic carbocycles. The molecule has 2 heterocycles. The van der Waals surface area contributed by atoms with Crippen molar-refractivity contribution in [2.75, 3.05) is 47.8 Å². The van der Waals surface area contributed by atoms with Crippen LogP contribution in [0.4, 0.5) is 45.5 Å². The van der Waals surface area contributed by atoms with Crippen molar-refractivity contribution >= 4 is 69.1 Å². The highest BCUT2D eigenvalue weighted by Crippen LogP contribution is 2.59. The molecular formula is C55H50N8O6. The average Bonchev–Trinajstić information content (AvgIpc) is 3.77. The molecule has 69 heavy (non-hydrogen) atoms. The van der Waals surface area contributed by atoms with Crippen LogP contribution in [0, 0.1) is 29.6 Å². The minimum Gasteiger partial charge on any atom is -0.508 e. The summed E-state index contributed by atoms with van der Waals surface area (Å²) in [5.41, 5.74) is 7.45.